The van der Waals surface area contributed by atoms with Crippen LogP contribution >= 0.6 is 12.4 Å². The van der Waals surface area contributed by atoms with E-state index < -0.39 is 6.36 Å². The van der Waals surface area contributed by atoms with E-state index in [2.05, 4.69) is 22.2 Å². The summed E-state index contributed by atoms with van der Waals surface area (Å²) >= 11 is 0. The number of likely N-dealkylation sites (tertiary alicyclic amines) is 1. The largest absolute Gasteiger partial charge is 0.573 e. The van der Waals surface area contributed by atoms with Gasteiger partial charge in [0.05, 0.1) is 6.54 Å². The number of ether oxygens (including phenoxy) is 1. The van der Waals surface area contributed by atoms with Gasteiger partial charge in [-0.1, -0.05) is 30.3 Å². The van der Waals surface area contributed by atoms with Gasteiger partial charge < -0.3 is 15.8 Å². The van der Waals surface area contributed by atoms with Crippen LogP contribution in [0.4, 0.5) is 18.9 Å². The average molecular weight is 430 g/mol. The molecule has 0 aromatic heterocycles. The number of alkyl halides is 3. The minimum absolute atomic E-state index is 0. The van der Waals surface area contributed by atoms with E-state index in [0.717, 1.165) is 25.2 Å². The molecule has 3 N–H and O–H groups in total. The fraction of sp³-hybridized carbons (Fsp3) is 0.350. The van der Waals surface area contributed by atoms with Crippen molar-refractivity contribution in [3.63, 3.8) is 0 Å². The van der Waals surface area contributed by atoms with E-state index in [0.29, 0.717) is 12.2 Å². The standard InChI is InChI=1S/C20H22F3N3O2.ClH/c21-20(22,23)28-17-8-6-16(7-9-17)25-19(27)13-26-11-15(10-24)18(12-26)14-4-2-1-3-5-14;/h1-9,15,18H,10-13,24H2,(H,25,27);1H/t15-,18+;/m1./s1. The lowest BCUT2D eigenvalue weighted by molar-refractivity contribution is -0.274. The first kappa shape index (κ1) is 23.0. The molecule has 1 fully saturated rings. The van der Waals surface area contributed by atoms with Gasteiger partial charge >= 0.3 is 6.36 Å². The van der Waals surface area contributed by atoms with Crippen molar-refractivity contribution in [1.82, 2.24) is 4.90 Å². The summed E-state index contributed by atoms with van der Waals surface area (Å²) in [6, 6.07) is 15.2. The highest BCUT2D eigenvalue weighted by Crippen LogP contribution is 2.32. The molecule has 2 atom stereocenters. The van der Waals surface area contributed by atoms with Gasteiger partial charge in [-0.05, 0) is 42.3 Å². The second-order valence-electron chi connectivity index (χ2n) is 6.83. The van der Waals surface area contributed by atoms with E-state index in [9.17, 15) is 18.0 Å². The van der Waals surface area contributed by atoms with Crippen LogP contribution in [0.2, 0.25) is 0 Å². The summed E-state index contributed by atoms with van der Waals surface area (Å²) in [6.07, 6.45) is -4.74. The molecule has 2 aromatic carbocycles. The van der Waals surface area contributed by atoms with Gasteiger partial charge in [0.25, 0.3) is 0 Å². The third kappa shape index (κ3) is 6.62. The summed E-state index contributed by atoms with van der Waals surface area (Å²) in [6.45, 7) is 2.19. The normalized spacial score (nSPS) is 19.4. The number of hydrogen-bond acceptors (Lipinski definition) is 4. The highest BCUT2D eigenvalue weighted by atomic mass is 35.5. The van der Waals surface area contributed by atoms with Gasteiger partial charge in [-0.15, -0.1) is 25.6 Å². The van der Waals surface area contributed by atoms with Crippen LogP contribution in [-0.4, -0.2) is 43.3 Å². The zero-order valence-corrected chi connectivity index (χ0v) is 16.4. The lowest BCUT2D eigenvalue weighted by atomic mass is 9.89. The summed E-state index contributed by atoms with van der Waals surface area (Å²) in [7, 11) is 0. The van der Waals surface area contributed by atoms with Gasteiger partial charge in [-0.3, -0.25) is 9.69 Å². The molecule has 0 bridgehead atoms. The molecule has 1 saturated heterocycles. The first-order valence-corrected chi connectivity index (χ1v) is 8.97. The average Bonchev–Trinajstić information content (AvgIpc) is 3.05. The minimum Gasteiger partial charge on any atom is -0.406 e. The van der Waals surface area contributed by atoms with Crippen LogP contribution in [0.25, 0.3) is 0 Å². The van der Waals surface area contributed by atoms with Crippen LogP contribution < -0.4 is 15.8 Å². The Hall–Kier alpha value is -2.29. The van der Waals surface area contributed by atoms with Crippen LogP contribution in [0.5, 0.6) is 5.75 Å². The number of rotatable bonds is 6. The Kier molecular flexibility index (Phi) is 7.89. The Morgan fingerprint density at radius 2 is 1.76 bits per heavy atom. The summed E-state index contributed by atoms with van der Waals surface area (Å²) in [4.78, 5) is 14.4. The number of nitrogens with one attached hydrogen (secondary N) is 1. The first-order chi connectivity index (χ1) is 13.3. The molecular formula is C20H23ClF3N3O2. The Bertz CT molecular complexity index is 788. The van der Waals surface area contributed by atoms with Gasteiger partial charge in [0, 0.05) is 24.7 Å². The van der Waals surface area contributed by atoms with Crippen molar-refractivity contribution in [2.45, 2.75) is 12.3 Å². The van der Waals surface area contributed by atoms with Gasteiger partial charge in [-0.2, -0.15) is 0 Å². The molecule has 0 saturated carbocycles. The molecule has 2 aromatic rings. The lowest BCUT2D eigenvalue weighted by Crippen LogP contribution is -2.32. The highest BCUT2D eigenvalue weighted by Gasteiger charge is 2.33. The Balaban J connectivity index is 0.00000300. The monoisotopic (exact) mass is 429 g/mol. The smallest absolute Gasteiger partial charge is 0.406 e. The van der Waals surface area contributed by atoms with Crippen LogP contribution in [0.3, 0.4) is 0 Å². The SMILES string of the molecule is Cl.NC[C@@H]1CN(CC(=O)Nc2ccc(OC(F)(F)F)cc2)C[C@H]1c1ccccc1. The molecule has 9 heteroatoms. The third-order valence-corrected chi connectivity index (χ3v) is 4.79. The molecule has 3 rings (SSSR count). The maximum atomic E-state index is 12.3. The number of amides is 1. The Morgan fingerprint density at radius 3 is 2.34 bits per heavy atom. The quantitative estimate of drug-likeness (QED) is 0.736. The second-order valence-corrected chi connectivity index (χ2v) is 6.83. The minimum atomic E-state index is -4.74. The first-order valence-electron chi connectivity index (χ1n) is 8.97. The van der Waals surface area contributed by atoms with Crippen molar-refractivity contribution in [2.75, 3.05) is 31.5 Å². The number of benzene rings is 2. The molecule has 1 aliphatic rings. The van der Waals surface area contributed by atoms with E-state index in [1.54, 1.807) is 0 Å². The number of halogens is 4. The summed E-state index contributed by atoms with van der Waals surface area (Å²) in [5, 5.41) is 2.70. The van der Waals surface area contributed by atoms with Crippen LogP contribution in [0.15, 0.2) is 54.6 Å². The lowest BCUT2D eigenvalue weighted by Gasteiger charge is -2.16. The van der Waals surface area contributed by atoms with Crippen molar-refractivity contribution in [2.24, 2.45) is 11.7 Å². The molecule has 0 unspecified atom stereocenters. The van der Waals surface area contributed by atoms with Crippen molar-refractivity contribution in [1.29, 1.82) is 0 Å². The maximum Gasteiger partial charge on any atom is 0.573 e. The predicted molar refractivity (Wildman–Crippen MR) is 107 cm³/mol. The number of anilines is 1. The van der Waals surface area contributed by atoms with Crippen molar-refractivity contribution in [3.05, 3.63) is 60.2 Å². The van der Waals surface area contributed by atoms with Crippen molar-refractivity contribution >= 4 is 24.0 Å². The fourth-order valence-corrected chi connectivity index (χ4v) is 3.55. The topological polar surface area (TPSA) is 67.6 Å². The highest BCUT2D eigenvalue weighted by molar-refractivity contribution is 5.92. The van der Waals surface area contributed by atoms with Crippen molar-refractivity contribution in [3.8, 4) is 5.75 Å². The van der Waals surface area contributed by atoms with E-state index in [-0.39, 0.29) is 42.4 Å². The van der Waals surface area contributed by atoms with Crippen LogP contribution in [0, 0.1) is 5.92 Å². The maximum absolute atomic E-state index is 12.3. The predicted octanol–water partition coefficient (Wildman–Crippen LogP) is 3.62. The molecular weight excluding hydrogens is 407 g/mol. The molecule has 158 valence electrons. The summed E-state index contributed by atoms with van der Waals surface area (Å²) in [5.41, 5.74) is 7.54. The van der Waals surface area contributed by atoms with E-state index >= 15 is 0 Å². The van der Waals surface area contributed by atoms with Gasteiger partial charge in [0.15, 0.2) is 0 Å². The number of carbonyl (C=O) groups excluding carboxylic acids is 1. The second kappa shape index (κ2) is 9.96. The fourth-order valence-electron chi connectivity index (χ4n) is 3.55. The molecule has 29 heavy (non-hydrogen) atoms. The van der Waals surface area contributed by atoms with Gasteiger partial charge in [0.2, 0.25) is 5.91 Å². The molecule has 1 heterocycles. The number of hydrogen-bond donors (Lipinski definition) is 2. The van der Waals surface area contributed by atoms with Gasteiger partial charge in [0.1, 0.15) is 5.75 Å². The molecule has 0 aliphatic carbocycles. The number of nitrogens with zero attached hydrogens (tertiary/aromatic N) is 1. The molecule has 5 nitrogen and oxygen atoms in total. The summed E-state index contributed by atoms with van der Waals surface area (Å²) in [5.74, 6) is -0.0118. The number of carbonyl (C=O) groups is 1. The van der Waals surface area contributed by atoms with Crippen LogP contribution in [-0.2, 0) is 4.79 Å². The Morgan fingerprint density at radius 1 is 1.10 bits per heavy atom. The molecule has 0 spiro atoms. The zero-order valence-electron chi connectivity index (χ0n) is 15.6. The van der Waals surface area contributed by atoms with E-state index in [1.165, 1.54) is 17.7 Å². The van der Waals surface area contributed by atoms with Crippen molar-refractivity contribution < 1.29 is 22.7 Å². The molecule has 1 aliphatic heterocycles. The zero-order chi connectivity index (χ0) is 20.1. The Labute approximate surface area is 173 Å². The summed E-state index contributed by atoms with van der Waals surface area (Å²) < 4.78 is 40.4. The molecule has 0 radical (unpaired) electrons. The van der Waals surface area contributed by atoms with Crippen LogP contribution in [0.1, 0.15) is 11.5 Å². The third-order valence-electron chi connectivity index (χ3n) is 4.79. The molecule has 1 amide bonds. The van der Waals surface area contributed by atoms with Gasteiger partial charge in [-0.25, -0.2) is 0 Å². The number of nitrogens with two attached hydrogens (primary N) is 1. The van der Waals surface area contributed by atoms with E-state index in [1.807, 2.05) is 23.1 Å². The van der Waals surface area contributed by atoms with E-state index in [4.69, 9.17) is 5.73 Å².